The van der Waals surface area contributed by atoms with Gasteiger partial charge in [0.15, 0.2) is 0 Å². The van der Waals surface area contributed by atoms with Crippen LogP contribution in [-0.4, -0.2) is 78.9 Å². The Balaban J connectivity index is 1.63. The predicted molar refractivity (Wildman–Crippen MR) is 94.5 cm³/mol. The minimum Gasteiger partial charge on any atom is -0.478 e. The standard InChI is InChI=1S/C17H23N3O5S/c1-13-6-7-19(12-13)17(23)18-8-10-20(11-9-18)26(24,25)15-4-2-14(3-5-15)16(21)22/h2-5,13H,6-12H2,1H3,(H,21,22). The summed E-state index contributed by atoms with van der Waals surface area (Å²) in [6.45, 7) is 4.82. The molecule has 0 aliphatic carbocycles. The molecule has 2 saturated heterocycles. The third kappa shape index (κ3) is 3.68. The number of hydrogen-bond acceptors (Lipinski definition) is 4. The van der Waals surface area contributed by atoms with E-state index in [-0.39, 0.29) is 29.6 Å². The molecule has 142 valence electrons. The number of carboxylic acid groups (broad SMARTS) is 1. The molecule has 8 nitrogen and oxygen atoms in total. The van der Waals surface area contributed by atoms with E-state index in [1.165, 1.54) is 28.6 Å². The van der Waals surface area contributed by atoms with Gasteiger partial charge < -0.3 is 14.9 Å². The van der Waals surface area contributed by atoms with Gasteiger partial charge >= 0.3 is 12.0 Å². The van der Waals surface area contributed by atoms with Crippen molar-refractivity contribution in [2.24, 2.45) is 5.92 Å². The summed E-state index contributed by atoms with van der Waals surface area (Å²) >= 11 is 0. The van der Waals surface area contributed by atoms with Crippen LogP contribution in [0.15, 0.2) is 29.2 Å². The Kier molecular flexibility index (Phi) is 5.19. The lowest BCUT2D eigenvalue weighted by Crippen LogP contribution is -2.53. The Morgan fingerprint density at radius 3 is 2.12 bits per heavy atom. The first-order valence-electron chi connectivity index (χ1n) is 8.66. The molecule has 0 spiro atoms. The molecule has 1 aromatic carbocycles. The van der Waals surface area contributed by atoms with Gasteiger partial charge in [-0.25, -0.2) is 18.0 Å². The molecule has 1 atom stereocenters. The molecule has 3 rings (SSSR count). The number of urea groups is 1. The topological polar surface area (TPSA) is 98.2 Å². The number of piperazine rings is 1. The second-order valence-electron chi connectivity index (χ2n) is 6.84. The van der Waals surface area contributed by atoms with Crippen LogP contribution >= 0.6 is 0 Å². The molecule has 2 aliphatic rings. The van der Waals surface area contributed by atoms with Crippen LogP contribution in [0.1, 0.15) is 23.7 Å². The molecule has 2 heterocycles. The number of benzene rings is 1. The van der Waals surface area contributed by atoms with E-state index >= 15 is 0 Å². The third-order valence-electron chi connectivity index (χ3n) is 4.94. The van der Waals surface area contributed by atoms with Crippen LogP contribution in [-0.2, 0) is 10.0 Å². The molecule has 0 saturated carbocycles. The molecule has 2 amide bonds. The Hall–Kier alpha value is -2.13. The summed E-state index contributed by atoms with van der Waals surface area (Å²) in [6.07, 6.45) is 1.01. The quantitative estimate of drug-likeness (QED) is 0.847. The number of nitrogens with zero attached hydrogens (tertiary/aromatic N) is 3. The van der Waals surface area contributed by atoms with Crippen molar-refractivity contribution in [3.63, 3.8) is 0 Å². The maximum absolute atomic E-state index is 12.7. The number of carbonyl (C=O) groups excluding carboxylic acids is 1. The summed E-state index contributed by atoms with van der Waals surface area (Å²) in [7, 11) is -3.69. The van der Waals surface area contributed by atoms with E-state index < -0.39 is 16.0 Å². The molecule has 0 aromatic heterocycles. The number of rotatable bonds is 3. The molecular weight excluding hydrogens is 358 g/mol. The van der Waals surface area contributed by atoms with Crippen molar-refractivity contribution in [3.05, 3.63) is 29.8 Å². The molecule has 9 heteroatoms. The normalized spacial score (nSPS) is 21.8. The first-order valence-corrected chi connectivity index (χ1v) is 10.1. The van der Waals surface area contributed by atoms with E-state index in [0.717, 1.165) is 19.5 Å². The van der Waals surface area contributed by atoms with E-state index in [4.69, 9.17) is 5.11 Å². The maximum atomic E-state index is 12.7. The number of hydrogen-bond donors (Lipinski definition) is 1. The van der Waals surface area contributed by atoms with Crippen molar-refractivity contribution in [1.82, 2.24) is 14.1 Å². The van der Waals surface area contributed by atoms with Gasteiger partial charge in [0.05, 0.1) is 10.5 Å². The van der Waals surface area contributed by atoms with Crippen LogP contribution in [0.25, 0.3) is 0 Å². The van der Waals surface area contributed by atoms with E-state index in [1.54, 1.807) is 4.90 Å². The van der Waals surface area contributed by atoms with Crippen LogP contribution in [0.3, 0.4) is 0 Å². The fourth-order valence-corrected chi connectivity index (χ4v) is 4.77. The van der Waals surface area contributed by atoms with Crippen LogP contribution in [0, 0.1) is 5.92 Å². The van der Waals surface area contributed by atoms with Gasteiger partial charge in [-0.05, 0) is 36.6 Å². The summed E-state index contributed by atoms with van der Waals surface area (Å²) in [5, 5.41) is 8.91. The molecule has 0 radical (unpaired) electrons. The summed E-state index contributed by atoms with van der Waals surface area (Å²) < 4.78 is 26.8. The number of amides is 2. The lowest BCUT2D eigenvalue weighted by Gasteiger charge is -2.36. The van der Waals surface area contributed by atoms with Gasteiger partial charge in [-0.3, -0.25) is 0 Å². The van der Waals surface area contributed by atoms with Crippen molar-refractivity contribution in [2.75, 3.05) is 39.3 Å². The highest BCUT2D eigenvalue weighted by Gasteiger charge is 2.33. The summed E-state index contributed by atoms with van der Waals surface area (Å²) in [4.78, 5) is 27.0. The summed E-state index contributed by atoms with van der Waals surface area (Å²) in [5.41, 5.74) is 0.0409. The highest BCUT2D eigenvalue weighted by Crippen LogP contribution is 2.21. The highest BCUT2D eigenvalue weighted by molar-refractivity contribution is 7.89. The Morgan fingerprint density at radius 1 is 1.00 bits per heavy atom. The van der Waals surface area contributed by atoms with E-state index in [2.05, 4.69) is 6.92 Å². The second-order valence-corrected chi connectivity index (χ2v) is 8.78. The van der Waals surface area contributed by atoms with Crippen LogP contribution in [0.2, 0.25) is 0 Å². The molecule has 2 fully saturated rings. The van der Waals surface area contributed by atoms with Gasteiger partial charge in [0.2, 0.25) is 10.0 Å². The lowest BCUT2D eigenvalue weighted by molar-refractivity contribution is 0.0696. The number of likely N-dealkylation sites (tertiary alicyclic amines) is 1. The van der Waals surface area contributed by atoms with Crippen LogP contribution in [0.5, 0.6) is 0 Å². The number of aromatic carboxylic acids is 1. The fraction of sp³-hybridized carbons (Fsp3) is 0.529. The monoisotopic (exact) mass is 381 g/mol. The Labute approximate surface area is 153 Å². The Bertz CT molecular complexity index is 785. The first kappa shape index (κ1) is 18.7. The van der Waals surface area contributed by atoms with E-state index in [1.807, 2.05) is 4.90 Å². The zero-order valence-corrected chi connectivity index (χ0v) is 15.5. The van der Waals surface area contributed by atoms with Gasteiger partial charge in [-0.2, -0.15) is 4.31 Å². The van der Waals surface area contributed by atoms with Gasteiger partial charge in [0, 0.05) is 39.3 Å². The molecule has 1 aromatic rings. The summed E-state index contributed by atoms with van der Waals surface area (Å²) in [5.74, 6) is -0.591. The molecular formula is C17H23N3O5S. The first-order chi connectivity index (χ1) is 12.3. The maximum Gasteiger partial charge on any atom is 0.335 e. The third-order valence-corrected chi connectivity index (χ3v) is 6.86. The van der Waals surface area contributed by atoms with Gasteiger partial charge in [0.1, 0.15) is 0 Å². The van der Waals surface area contributed by atoms with E-state index in [9.17, 15) is 18.0 Å². The second kappa shape index (κ2) is 7.24. The molecule has 1 N–H and O–H groups in total. The minimum atomic E-state index is -3.69. The van der Waals surface area contributed by atoms with Crippen molar-refractivity contribution < 1.29 is 23.1 Å². The number of carbonyl (C=O) groups is 2. The van der Waals surface area contributed by atoms with Crippen LogP contribution in [0.4, 0.5) is 4.79 Å². The zero-order valence-electron chi connectivity index (χ0n) is 14.7. The highest BCUT2D eigenvalue weighted by atomic mass is 32.2. The number of sulfonamides is 1. The smallest absolute Gasteiger partial charge is 0.335 e. The average molecular weight is 381 g/mol. The largest absolute Gasteiger partial charge is 0.478 e. The van der Waals surface area contributed by atoms with Crippen LogP contribution < -0.4 is 0 Å². The SMILES string of the molecule is CC1CCN(C(=O)N2CCN(S(=O)(=O)c3ccc(C(=O)O)cc3)CC2)C1. The van der Waals surface area contributed by atoms with E-state index in [0.29, 0.717) is 19.0 Å². The van der Waals surface area contributed by atoms with Gasteiger partial charge in [-0.15, -0.1) is 0 Å². The lowest BCUT2D eigenvalue weighted by atomic mass is 10.2. The minimum absolute atomic E-state index is 0.0165. The van der Waals surface area contributed by atoms with Gasteiger partial charge in [0.25, 0.3) is 0 Å². The predicted octanol–water partition coefficient (Wildman–Crippen LogP) is 1.15. The number of carboxylic acids is 1. The fourth-order valence-electron chi connectivity index (χ4n) is 3.35. The molecule has 1 unspecified atom stereocenters. The van der Waals surface area contributed by atoms with Crippen molar-refractivity contribution >= 4 is 22.0 Å². The van der Waals surface area contributed by atoms with Crippen molar-refractivity contribution in [1.29, 1.82) is 0 Å². The zero-order chi connectivity index (χ0) is 18.9. The molecule has 0 bridgehead atoms. The van der Waals surface area contributed by atoms with Gasteiger partial charge in [-0.1, -0.05) is 6.92 Å². The molecule has 2 aliphatic heterocycles. The molecule has 26 heavy (non-hydrogen) atoms. The summed E-state index contributed by atoms with van der Waals surface area (Å²) in [6, 6.07) is 5.16. The van der Waals surface area contributed by atoms with Crippen molar-refractivity contribution in [2.45, 2.75) is 18.2 Å². The van der Waals surface area contributed by atoms with Crippen molar-refractivity contribution in [3.8, 4) is 0 Å². The Morgan fingerprint density at radius 2 is 1.62 bits per heavy atom. The average Bonchev–Trinajstić information content (AvgIpc) is 3.07.